The van der Waals surface area contributed by atoms with Crippen LogP contribution in [0.15, 0.2) is 45.1 Å². The third kappa shape index (κ3) is 2.05. The van der Waals surface area contributed by atoms with Gasteiger partial charge in [-0.25, -0.2) is 4.79 Å². The van der Waals surface area contributed by atoms with Gasteiger partial charge in [0, 0.05) is 12.7 Å². The first-order valence-electron chi connectivity index (χ1n) is 5.12. The zero-order valence-corrected chi connectivity index (χ0v) is 9.51. The van der Waals surface area contributed by atoms with Gasteiger partial charge in [0.15, 0.2) is 0 Å². The van der Waals surface area contributed by atoms with Crippen LogP contribution in [0.25, 0.3) is 0 Å². The summed E-state index contributed by atoms with van der Waals surface area (Å²) in [6, 6.07) is 8.82. The van der Waals surface area contributed by atoms with Gasteiger partial charge >= 0.3 is 5.69 Å². The Morgan fingerprint density at radius 3 is 2.50 bits per heavy atom. The van der Waals surface area contributed by atoms with Crippen LogP contribution in [-0.2, 0) is 7.05 Å². The summed E-state index contributed by atoms with van der Waals surface area (Å²) in [5, 5.41) is 5.42. The Hall–Kier alpha value is -2.70. The highest BCUT2D eigenvalue weighted by molar-refractivity contribution is 5.66. The number of rotatable bonds is 3. The van der Waals surface area contributed by atoms with Crippen LogP contribution in [0, 0.1) is 4.91 Å². The largest absolute Gasteiger partial charge is 0.340 e. The van der Waals surface area contributed by atoms with E-state index in [0.29, 0.717) is 5.69 Å². The lowest BCUT2D eigenvalue weighted by Gasteiger charge is -2.07. The molecule has 2 rings (SSSR count). The summed E-state index contributed by atoms with van der Waals surface area (Å²) in [6.07, 6.45) is 0. The molecular weight excluding hydrogens is 236 g/mol. The highest BCUT2D eigenvalue weighted by Crippen LogP contribution is 2.20. The van der Waals surface area contributed by atoms with Crippen molar-refractivity contribution in [2.75, 3.05) is 5.32 Å². The number of hydrogen-bond donors (Lipinski definition) is 2. The summed E-state index contributed by atoms with van der Waals surface area (Å²) in [7, 11) is 1.27. The molecule has 0 aliphatic carbocycles. The van der Waals surface area contributed by atoms with E-state index in [1.807, 2.05) is 6.07 Å². The highest BCUT2D eigenvalue weighted by atomic mass is 16.3. The van der Waals surface area contributed by atoms with Gasteiger partial charge in [-0.1, -0.05) is 18.2 Å². The van der Waals surface area contributed by atoms with Gasteiger partial charge in [-0.2, -0.15) is 0 Å². The van der Waals surface area contributed by atoms with Crippen LogP contribution in [0.4, 0.5) is 17.2 Å². The predicted molar refractivity (Wildman–Crippen MR) is 67.5 cm³/mol. The number of hydrogen-bond acceptors (Lipinski definition) is 5. The monoisotopic (exact) mass is 246 g/mol. The number of nitroso groups, excluding NO2 is 1. The molecule has 18 heavy (non-hydrogen) atoms. The second-order valence-electron chi connectivity index (χ2n) is 3.60. The Bertz CT molecular complexity index is 688. The second kappa shape index (κ2) is 4.66. The lowest BCUT2D eigenvalue weighted by molar-refractivity contribution is 0.779. The molecule has 0 radical (unpaired) electrons. The maximum absolute atomic E-state index is 11.6. The van der Waals surface area contributed by atoms with Gasteiger partial charge in [-0.3, -0.25) is 14.3 Å². The molecule has 7 heteroatoms. The van der Waals surface area contributed by atoms with Crippen molar-refractivity contribution in [3.63, 3.8) is 0 Å². The lowest BCUT2D eigenvalue weighted by atomic mass is 10.3. The highest BCUT2D eigenvalue weighted by Gasteiger charge is 2.12. The topological polar surface area (TPSA) is 96.3 Å². The van der Waals surface area contributed by atoms with Gasteiger partial charge in [0.25, 0.3) is 5.56 Å². The molecule has 1 aromatic heterocycles. The minimum atomic E-state index is -0.743. The van der Waals surface area contributed by atoms with Crippen LogP contribution in [0.1, 0.15) is 0 Å². The van der Waals surface area contributed by atoms with Crippen molar-refractivity contribution in [2.24, 2.45) is 12.2 Å². The van der Waals surface area contributed by atoms with E-state index in [1.165, 1.54) is 7.05 Å². The molecule has 0 unspecified atom stereocenters. The fraction of sp³-hybridized carbons (Fsp3) is 0.0909. The summed E-state index contributed by atoms with van der Waals surface area (Å²) in [4.78, 5) is 36.1. The number of anilines is 2. The molecule has 0 saturated carbocycles. The molecule has 1 heterocycles. The zero-order valence-electron chi connectivity index (χ0n) is 9.51. The Labute approximate surface area is 101 Å². The fourth-order valence-corrected chi connectivity index (χ4v) is 1.45. The number of H-pyrrole nitrogens is 1. The molecule has 0 saturated heterocycles. The smallest absolute Gasteiger partial charge is 0.329 e. The summed E-state index contributed by atoms with van der Waals surface area (Å²) in [5.41, 5.74) is -1.09. The molecule has 2 aromatic rings. The van der Waals surface area contributed by atoms with Gasteiger partial charge in [-0.15, -0.1) is 4.91 Å². The van der Waals surface area contributed by atoms with Crippen molar-refractivity contribution in [2.45, 2.75) is 0 Å². The number of benzene rings is 1. The first kappa shape index (κ1) is 11.8. The SMILES string of the molecule is Cn1c(=O)[nH]c(Nc2ccccc2)c(N=O)c1=O. The number of nitrogens with one attached hydrogen (secondary N) is 2. The van der Waals surface area contributed by atoms with Crippen molar-refractivity contribution in [3.05, 3.63) is 56.1 Å². The fourth-order valence-electron chi connectivity index (χ4n) is 1.45. The van der Waals surface area contributed by atoms with Crippen LogP contribution in [-0.4, -0.2) is 9.55 Å². The van der Waals surface area contributed by atoms with E-state index >= 15 is 0 Å². The maximum Gasteiger partial charge on any atom is 0.329 e. The minimum Gasteiger partial charge on any atom is -0.340 e. The molecule has 0 aliphatic heterocycles. The van der Waals surface area contributed by atoms with Crippen LogP contribution >= 0.6 is 0 Å². The van der Waals surface area contributed by atoms with Crippen molar-refractivity contribution in [3.8, 4) is 0 Å². The number of para-hydroxylation sites is 1. The Kier molecular flexibility index (Phi) is 3.05. The third-order valence-corrected chi connectivity index (χ3v) is 2.41. The van der Waals surface area contributed by atoms with Gasteiger partial charge in [0.2, 0.25) is 5.69 Å². The average molecular weight is 246 g/mol. The van der Waals surface area contributed by atoms with Crippen molar-refractivity contribution < 1.29 is 0 Å². The molecule has 0 atom stereocenters. The summed E-state index contributed by atoms with van der Waals surface area (Å²) >= 11 is 0. The zero-order chi connectivity index (χ0) is 13.1. The second-order valence-corrected chi connectivity index (χ2v) is 3.60. The number of nitrogens with zero attached hydrogens (tertiary/aromatic N) is 2. The Morgan fingerprint density at radius 1 is 1.22 bits per heavy atom. The standard InChI is InChI=1S/C11H10N4O3/c1-15-10(16)8(14-18)9(13-11(15)17)12-7-5-3-2-4-6-7/h2-6,12H,1H3,(H,13,17). The van der Waals surface area contributed by atoms with Gasteiger partial charge in [0.05, 0.1) is 0 Å². The molecule has 0 amide bonds. The first-order chi connectivity index (χ1) is 8.63. The van der Waals surface area contributed by atoms with Crippen LogP contribution in [0.5, 0.6) is 0 Å². The molecule has 0 spiro atoms. The van der Waals surface area contributed by atoms with E-state index in [4.69, 9.17) is 0 Å². The predicted octanol–water partition coefficient (Wildman–Crippen LogP) is 1.22. The molecule has 0 fully saturated rings. The van der Waals surface area contributed by atoms with Gasteiger partial charge in [0.1, 0.15) is 5.82 Å². The van der Waals surface area contributed by atoms with E-state index in [2.05, 4.69) is 15.5 Å². The minimum absolute atomic E-state index is 0.00991. The number of aromatic amines is 1. The van der Waals surface area contributed by atoms with E-state index < -0.39 is 11.2 Å². The molecule has 2 N–H and O–H groups in total. The summed E-state index contributed by atoms with van der Waals surface area (Å²) in [6.45, 7) is 0. The molecular formula is C11H10N4O3. The Morgan fingerprint density at radius 2 is 1.89 bits per heavy atom. The normalized spacial score (nSPS) is 10.1. The average Bonchev–Trinajstić information content (AvgIpc) is 2.38. The van der Waals surface area contributed by atoms with E-state index in [-0.39, 0.29) is 11.5 Å². The first-order valence-corrected chi connectivity index (χ1v) is 5.12. The van der Waals surface area contributed by atoms with E-state index in [1.54, 1.807) is 24.3 Å². The van der Waals surface area contributed by atoms with Gasteiger partial charge in [-0.05, 0) is 17.3 Å². The lowest BCUT2D eigenvalue weighted by Crippen LogP contribution is -2.32. The van der Waals surface area contributed by atoms with Crippen LogP contribution < -0.4 is 16.6 Å². The van der Waals surface area contributed by atoms with Crippen molar-refractivity contribution in [1.82, 2.24) is 9.55 Å². The van der Waals surface area contributed by atoms with E-state index in [0.717, 1.165) is 4.57 Å². The molecule has 92 valence electrons. The van der Waals surface area contributed by atoms with Crippen molar-refractivity contribution >= 4 is 17.2 Å². The Balaban J connectivity index is 2.55. The summed E-state index contributed by atoms with van der Waals surface area (Å²) < 4.78 is 0.785. The van der Waals surface area contributed by atoms with Crippen molar-refractivity contribution in [1.29, 1.82) is 0 Å². The van der Waals surface area contributed by atoms with Crippen LogP contribution in [0.3, 0.4) is 0 Å². The quantitative estimate of drug-likeness (QED) is 0.795. The third-order valence-electron chi connectivity index (χ3n) is 2.41. The van der Waals surface area contributed by atoms with Crippen LogP contribution in [0.2, 0.25) is 0 Å². The number of aromatic nitrogens is 2. The maximum atomic E-state index is 11.6. The summed E-state index contributed by atoms with van der Waals surface area (Å²) in [5.74, 6) is -0.00991. The van der Waals surface area contributed by atoms with Gasteiger partial charge < -0.3 is 5.32 Å². The molecule has 7 nitrogen and oxygen atoms in total. The van der Waals surface area contributed by atoms with E-state index in [9.17, 15) is 14.5 Å². The molecule has 0 bridgehead atoms. The molecule has 0 aliphatic rings. The molecule has 1 aromatic carbocycles.